The Labute approximate surface area is 113 Å². The fourth-order valence-electron chi connectivity index (χ4n) is 1.46. The van der Waals surface area contributed by atoms with Crippen molar-refractivity contribution in [1.29, 1.82) is 0 Å². The first kappa shape index (κ1) is 13.1. The van der Waals surface area contributed by atoms with Crippen molar-refractivity contribution >= 4 is 32.8 Å². The zero-order valence-corrected chi connectivity index (χ0v) is 11.8. The summed E-state index contributed by atoms with van der Waals surface area (Å²) in [5.41, 5.74) is 3.02. The second-order valence-electron chi connectivity index (χ2n) is 4.40. The van der Waals surface area contributed by atoms with Gasteiger partial charge in [0.15, 0.2) is 5.76 Å². The van der Waals surface area contributed by atoms with Crippen molar-refractivity contribution in [2.75, 3.05) is 6.61 Å². The lowest BCUT2D eigenvalue weighted by Crippen LogP contribution is -2.25. The van der Waals surface area contributed by atoms with Gasteiger partial charge in [-0.1, -0.05) is 26.0 Å². The molecule has 96 valence electrons. The van der Waals surface area contributed by atoms with Gasteiger partial charge in [0.1, 0.15) is 5.58 Å². The molecule has 1 amide bonds. The number of hydroxylamine groups is 1. The van der Waals surface area contributed by atoms with Gasteiger partial charge in [0, 0.05) is 5.39 Å². The van der Waals surface area contributed by atoms with E-state index in [1.165, 1.54) is 0 Å². The number of hydrogen-bond donors (Lipinski definition) is 1. The summed E-state index contributed by atoms with van der Waals surface area (Å²) in [4.78, 5) is 16.8. The van der Waals surface area contributed by atoms with E-state index < -0.39 is 0 Å². The molecule has 2 aromatic rings. The largest absolute Gasteiger partial charge is 0.450 e. The highest BCUT2D eigenvalue weighted by Crippen LogP contribution is 2.26. The maximum Gasteiger partial charge on any atom is 0.310 e. The van der Waals surface area contributed by atoms with Gasteiger partial charge >= 0.3 is 5.91 Å². The lowest BCUT2D eigenvalue weighted by atomic mass is 10.2. The van der Waals surface area contributed by atoms with Crippen LogP contribution in [0.4, 0.5) is 0 Å². The molecule has 0 aliphatic heterocycles. The number of carbonyl (C=O) groups is 1. The van der Waals surface area contributed by atoms with Crippen LogP contribution < -0.4 is 5.48 Å². The SMILES string of the molecule is CC(C)CONC(=O)c1cc2cccc(Br)c2o1. The highest BCUT2D eigenvalue weighted by Gasteiger charge is 2.13. The van der Waals surface area contributed by atoms with Gasteiger partial charge in [-0.05, 0) is 34.0 Å². The van der Waals surface area contributed by atoms with Crippen LogP contribution in [0.2, 0.25) is 0 Å². The van der Waals surface area contributed by atoms with Crippen LogP contribution in [0, 0.1) is 5.92 Å². The average molecular weight is 312 g/mol. The molecule has 0 atom stereocenters. The van der Waals surface area contributed by atoms with Gasteiger partial charge in [-0.3, -0.25) is 9.63 Å². The summed E-state index contributed by atoms with van der Waals surface area (Å²) in [7, 11) is 0. The fourth-order valence-corrected chi connectivity index (χ4v) is 1.93. The van der Waals surface area contributed by atoms with Crippen LogP contribution in [0.15, 0.2) is 33.2 Å². The van der Waals surface area contributed by atoms with Crippen molar-refractivity contribution in [2.24, 2.45) is 5.92 Å². The molecule has 1 aromatic heterocycles. The predicted octanol–water partition coefficient (Wildman–Crippen LogP) is 3.51. The van der Waals surface area contributed by atoms with E-state index in [4.69, 9.17) is 9.25 Å². The maximum absolute atomic E-state index is 11.8. The Hall–Kier alpha value is -1.33. The van der Waals surface area contributed by atoms with E-state index in [0.717, 1.165) is 9.86 Å². The second kappa shape index (κ2) is 5.54. The zero-order valence-electron chi connectivity index (χ0n) is 10.2. The van der Waals surface area contributed by atoms with Crippen molar-refractivity contribution in [3.8, 4) is 0 Å². The van der Waals surface area contributed by atoms with Gasteiger partial charge in [0.25, 0.3) is 0 Å². The molecule has 1 heterocycles. The summed E-state index contributed by atoms with van der Waals surface area (Å²) in [5.74, 6) is 0.217. The Balaban J connectivity index is 2.11. The van der Waals surface area contributed by atoms with Gasteiger partial charge in [0.05, 0.1) is 11.1 Å². The maximum atomic E-state index is 11.8. The molecule has 0 aliphatic carbocycles. The van der Waals surface area contributed by atoms with Gasteiger partial charge in [-0.2, -0.15) is 0 Å². The summed E-state index contributed by atoms with van der Waals surface area (Å²) in [6, 6.07) is 7.32. The van der Waals surface area contributed by atoms with Crippen LogP contribution in [0.25, 0.3) is 11.0 Å². The number of fused-ring (bicyclic) bond motifs is 1. The molecule has 0 unspecified atom stereocenters. The molecular weight excluding hydrogens is 298 g/mol. The van der Waals surface area contributed by atoms with Crippen LogP contribution in [0.1, 0.15) is 24.4 Å². The molecule has 0 bridgehead atoms. The van der Waals surface area contributed by atoms with E-state index in [1.54, 1.807) is 6.07 Å². The summed E-state index contributed by atoms with van der Waals surface area (Å²) in [6.45, 7) is 4.48. The number of amides is 1. The molecule has 0 aliphatic rings. The van der Waals surface area contributed by atoms with Crippen LogP contribution in [-0.2, 0) is 4.84 Å². The number of benzene rings is 1. The number of furan rings is 1. The van der Waals surface area contributed by atoms with Crippen LogP contribution in [0.3, 0.4) is 0 Å². The molecular formula is C13H14BrNO3. The lowest BCUT2D eigenvalue weighted by molar-refractivity contribution is 0.0190. The highest BCUT2D eigenvalue weighted by atomic mass is 79.9. The number of para-hydroxylation sites is 1. The topological polar surface area (TPSA) is 51.5 Å². The van der Waals surface area contributed by atoms with E-state index in [2.05, 4.69) is 21.4 Å². The minimum absolute atomic E-state index is 0.237. The van der Waals surface area contributed by atoms with Crippen molar-refractivity contribution in [3.05, 3.63) is 34.5 Å². The Morgan fingerprint density at radius 3 is 2.94 bits per heavy atom. The van der Waals surface area contributed by atoms with Crippen LogP contribution in [-0.4, -0.2) is 12.5 Å². The predicted molar refractivity (Wildman–Crippen MR) is 72.2 cm³/mol. The summed E-state index contributed by atoms with van der Waals surface area (Å²) < 4.78 is 6.30. The van der Waals surface area contributed by atoms with Crippen molar-refractivity contribution < 1.29 is 14.0 Å². The van der Waals surface area contributed by atoms with Crippen molar-refractivity contribution in [1.82, 2.24) is 5.48 Å². The van der Waals surface area contributed by atoms with Gasteiger partial charge < -0.3 is 4.42 Å². The molecule has 4 nitrogen and oxygen atoms in total. The number of halogens is 1. The average Bonchev–Trinajstić information content (AvgIpc) is 2.74. The minimum atomic E-state index is -0.376. The van der Waals surface area contributed by atoms with Gasteiger partial charge in [-0.25, -0.2) is 5.48 Å². The summed E-state index contributed by atoms with van der Waals surface area (Å²) >= 11 is 3.37. The summed E-state index contributed by atoms with van der Waals surface area (Å²) in [6.07, 6.45) is 0. The number of hydrogen-bond acceptors (Lipinski definition) is 3. The first-order chi connectivity index (χ1) is 8.58. The summed E-state index contributed by atoms with van der Waals surface area (Å²) in [5, 5.41) is 0.874. The number of rotatable bonds is 4. The van der Waals surface area contributed by atoms with Crippen LogP contribution >= 0.6 is 15.9 Å². The second-order valence-corrected chi connectivity index (χ2v) is 5.26. The smallest absolute Gasteiger partial charge is 0.310 e. The third-order valence-electron chi connectivity index (χ3n) is 2.30. The standard InChI is InChI=1S/C13H14BrNO3/c1-8(2)7-17-15-13(16)11-6-9-4-3-5-10(14)12(9)18-11/h3-6,8H,7H2,1-2H3,(H,15,16). The van der Waals surface area contributed by atoms with E-state index in [9.17, 15) is 4.79 Å². The molecule has 1 N–H and O–H groups in total. The highest BCUT2D eigenvalue weighted by molar-refractivity contribution is 9.10. The monoisotopic (exact) mass is 311 g/mol. The van der Waals surface area contributed by atoms with Gasteiger partial charge in [0.2, 0.25) is 0 Å². The quantitative estimate of drug-likeness (QED) is 0.879. The van der Waals surface area contributed by atoms with Crippen molar-refractivity contribution in [2.45, 2.75) is 13.8 Å². The Kier molecular flexibility index (Phi) is 4.04. The third kappa shape index (κ3) is 2.91. The minimum Gasteiger partial charge on any atom is -0.450 e. The van der Waals surface area contributed by atoms with E-state index in [1.807, 2.05) is 32.0 Å². The zero-order chi connectivity index (χ0) is 13.1. The normalized spacial score (nSPS) is 11.1. The molecule has 18 heavy (non-hydrogen) atoms. The molecule has 0 spiro atoms. The van der Waals surface area contributed by atoms with Crippen molar-refractivity contribution in [3.63, 3.8) is 0 Å². The molecule has 0 fully saturated rings. The van der Waals surface area contributed by atoms with E-state index in [-0.39, 0.29) is 11.7 Å². The fraction of sp³-hybridized carbons (Fsp3) is 0.308. The Bertz CT molecular complexity index is 562. The number of carbonyl (C=O) groups excluding carboxylic acids is 1. The first-order valence-electron chi connectivity index (χ1n) is 5.68. The number of nitrogens with one attached hydrogen (secondary N) is 1. The molecule has 5 heteroatoms. The van der Waals surface area contributed by atoms with E-state index in [0.29, 0.717) is 18.1 Å². The van der Waals surface area contributed by atoms with E-state index >= 15 is 0 Å². The lowest BCUT2D eigenvalue weighted by Gasteiger charge is -2.05. The Morgan fingerprint density at radius 1 is 1.50 bits per heavy atom. The molecule has 0 saturated carbocycles. The van der Waals surface area contributed by atoms with Gasteiger partial charge in [-0.15, -0.1) is 0 Å². The van der Waals surface area contributed by atoms with Crippen LogP contribution in [0.5, 0.6) is 0 Å². The molecule has 0 radical (unpaired) electrons. The molecule has 2 rings (SSSR count). The molecule has 0 saturated heterocycles. The third-order valence-corrected chi connectivity index (χ3v) is 2.93. The molecule has 1 aromatic carbocycles. The first-order valence-corrected chi connectivity index (χ1v) is 6.47. The Morgan fingerprint density at radius 2 is 2.28 bits per heavy atom.